The maximum Gasteiger partial charge on any atom is 0.322 e. The van der Waals surface area contributed by atoms with Crippen molar-refractivity contribution in [2.45, 2.75) is 18.9 Å². The predicted octanol–water partition coefficient (Wildman–Crippen LogP) is 0.495. The monoisotopic (exact) mass is 244 g/mol. The van der Waals surface area contributed by atoms with Crippen LogP contribution in [-0.4, -0.2) is 45.9 Å². The van der Waals surface area contributed by atoms with Crippen LogP contribution in [0.4, 0.5) is 5.95 Å². The van der Waals surface area contributed by atoms with Crippen molar-refractivity contribution >= 4 is 17.5 Å². The van der Waals surface area contributed by atoms with Gasteiger partial charge < -0.3 is 14.7 Å². The van der Waals surface area contributed by atoms with E-state index < -0.39 is 5.60 Å². The lowest BCUT2D eigenvalue weighted by molar-refractivity contribution is 0.00746. The largest absolute Gasteiger partial charge is 0.467 e. The van der Waals surface area contributed by atoms with Gasteiger partial charge in [0, 0.05) is 0 Å². The van der Waals surface area contributed by atoms with Crippen molar-refractivity contribution in [3.05, 3.63) is 5.28 Å². The molecule has 0 spiro atoms. The molecule has 1 fully saturated rings. The Morgan fingerprint density at radius 2 is 2.12 bits per heavy atom. The van der Waals surface area contributed by atoms with Crippen LogP contribution in [0, 0.1) is 0 Å². The molecule has 0 atom stereocenters. The summed E-state index contributed by atoms with van der Waals surface area (Å²) in [6.45, 7) is 2.96. The Balaban J connectivity index is 2.14. The van der Waals surface area contributed by atoms with E-state index in [-0.39, 0.29) is 11.3 Å². The van der Waals surface area contributed by atoms with Crippen LogP contribution >= 0.6 is 11.6 Å². The molecular formula is C9H13ClN4O2. The molecule has 7 heteroatoms. The molecule has 1 aromatic rings. The van der Waals surface area contributed by atoms with E-state index in [4.69, 9.17) is 16.3 Å². The quantitative estimate of drug-likeness (QED) is 0.835. The minimum atomic E-state index is -0.633. The SMILES string of the molecule is CCC1(O)CN(c2nc(Cl)nc(OC)n2)C1. The lowest BCUT2D eigenvalue weighted by Crippen LogP contribution is -2.62. The summed E-state index contributed by atoms with van der Waals surface area (Å²) in [5, 5.41) is 9.96. The molecule has 1 N–H and O–H groups in total. The number of aliphatic hydroxyl groups is 1. The average Bonchev–Trinajstić information content (AvgIpc) is 2.23. The zero-order valence-electron chi connectivity index (χ0n) is 9.14. The highest BCUT2D eigenvalue weighted by atomic mass is 35.5. The average molecular weight is 245 g/mol. The van der Waals surface area contributed by atoms with E-state index in [1.807, 2.05) is 11.8 Å². The van der Waals surface area contributed by atoms with Crippen molar-refractivity contribution in [3.63, 3.8) is 0 Å². The second-order valence-electron chi connectivity index (χ2n) is 3.83. The summed E-state index contributed by atoms with van der Waals surface area (Å²) in [5.74, 6) is 0.440. The number of anilines is 1. The lowest BCUT2D eigenvalue weighted by atomic mass is 9.92. The molecule has 0 bridgehead atoms. The minimum absolute atomic E-state index is 0.0915. The van der Waals surface area contributed by atoms with E-state index in [0.29, 0.717) is 25.5 Å². The Morgan fingerprint density at radius 1 is 1.44 bits per heavy atom. The Morgan fingerprint density at radius 3 is 2.69 bits per heavy atom. The molecule has 1 aromatic heterocycles. The molecular weight excluding hydrogens is 232 g/mol. The van der Waals surface area contributed by atoms with Crippen LogP contribution in [0.25, 0.3) is 0 Å². The standard InChI is InChI=1S/C9H13ClN4O2/c1-3-9(15)4-14(5-9)7-11-6(10)12-8(13-7)16-2/h15H,3-5H2,1-2H3. The highest BCUT2D eigenvalue weighted by Gasteiger charge is 2.41. The molecule has 16 heavy (non-hydrogen) atoms. The second kappa shape index (κ2) is 4.03. The summed E-state index contributed by atoms with van der Waals surface area (Å²) in [7, 11) is 1.47. The van der Waals surface area contributed by atoms with Gasteiger partial charge in [-0.3, -0.25) is 0 Å². The number of ether oxygens (including phenoxy) is 1. The number of hydrogen-bond acceptors (Lipinski definition) is 6. The normalized spacial score (nSPS) is 18.1. The third-order valence-corrected chi connectivity index (χ3v) is 2.84. The summed E-state index contributed by atoms with van der Waals surface area (Å²) in [4.78, 5) is 13.7. The van der Waals surface area contributed by atoms with E-state index in [1.54, 1.807) is 0 Å². The highest BCUT2D eigenvalue weighted by molar-refractivity contribution is 6.28. The van der Waals surface area contributed by atoms with Gasteiger partial charge in [-0.2, -0.15) is 15.0 Å². The van der Waals surface area contributed by atoms with Gasteiger partial charge in [-0.25, -0.2) is 0 Å². The number of nitrogens with zero attached hydrogens (tertiary/aromatic N) is 4. The summed E-state index contributed by atoms with van der Waals surface area (Å²) in [5.41, 5.74) is -0.633. The smallest absolute Gasteiger partial charge is 0.322 e. The van der Waals surface area contributed by atoms with Crippen molar-refractivity contribution in [2.24, 2.45) is 0 Å². The Kier molecular flexibility index (Phi) is 2.86. The van der Waals surface area contributed by atoms with Crippen molar-refractivity contribution < 1.29 is 9.84 Å². The Bertz CT molecular complexity index is 395. The topological polar surface area (TPSA) is 71.4 Å². The van der Waals surface area contributed by atoms with Gasteiger partial charge >= 0.3 is 6.01 Å². The molecule has 0 aromatic carbocycles. The van der Waals surface area contributed by atoms with Gasteiger partial charge in [0.1, 0.15) is 0 Å². The molecule has 1 saturated heterocycles. The third kappa shape index (κ3) is 2.03. The summed E-state index contributed by atoms with van der Waals surface area (Å²) in [6, 6.07) is 0.182. The van der Waals surface area contributed by atoms with Gasteiger partial charge in [-0.15, -0.1) is 0 Å². The molecule has 0 unspecified atom stereocenters. The summed E-state index contributed by atoms with van der Waals surface area (Å²) >= 11 is 5.73. The first-order chi connectivity index (χ1) is 7.56. The minimum Gasteiger partial charge on any atom is -0.467 e. The molecule has 1 aliphatic rings. The van der Waals surface area contributed by atoms with Gasteiger partial charge in [0.2, 0.25) is 11.2 Å². The molecule has 2 rings (SSSR count). The molecule has 0 amide bonds. The van der Waals surface area contributed by atoms with Gasteiger partial charge in [0.25, 0.3) is 0 Å². The van der Waals surface area contributed by atoms with E-state index in [0.717, 1.165) is 0 Å². The van der Waals surface area contributed by atoms with Crippen LogP contribution in [0.2, 0.25) is 5.28 Å². The molecule has 0 aliphatic carbocycles. The van der Waals surface area contributed by atoms with Gasteiger partial charge in [0.05, 0.1) is 25.8 Å². The van der Waals surface area contributed by atoms with E-state index in [2.05, 4.69) is 15.0 Å². The molecule has 1 aliphatic heterocycles. The van der Waals surface area contributed by atoms with Crippen LogP contribution in [0.3, 0.4) is 0 Å². The van der Waals surface area contributed by atoms with E-state index >= 15 is 0 Å². The Hall–Kier alpha value is -1.14. The first-order valence-corrected chi connectivity index (χ1v) is 5.37. The first kappa shape index (κ1) is 11.3. The number of aromatic nitrogens is 3. The van der Waals surface area contributed by atoms with Crippen LogP contribution < -0.4 is 9.64 Å². The molecule has 2 heterocycles. The number of halogens is 1. The first-order valence-electron chi connectivity index (χ1n) is 4.99. The van der Waals surface area contributed by atoms with Crippen molar-refractivity contribution in [1.29, 1.82) is 0 Å². The van der Waals surface area contributed by atoms with Crippen molar-refractivity contribution in [1.82, 2.24) is 15.0 Å². The van der Waals surface area contributed by atoms with E-state index in [9.17, 15) is 5.11 Å². The molecule has 6 nitrogen and oxygen atoms in total. The van der Waals surface area contributed by atoms with Crippen LogP contribution in [0.15, 0.2) is 0 Å². The predicted molar refractivity (Wildman–Crippen MR) is 58.8 cm³/mol. The maximum absolute atomic E-state index is 9.87. The number of β-amino-alcohol motifs (C(OH)–C–C–N with tert-alkyl or cyclic N) is 1. The van der Waals surface area contributed by atoms with Crippen LogP contribution in [0.5, 0.6) is 6.01 Å². The second-order valence-corrected chi connectivity index (χ2v) is 4.16. The summed E-state index contributed by atoms with van der Waals surface area (Å²) < 4.78 is 4.90. The highest BCUT2D eigenvalue weighted by Crippen LogP contribution is 2.28. The third-order valence-electron chi connectivity index (χ3n) is 2.67. The van der Waals surface area contributed by atoms with Gasteiger partial charge in [-0.05, 0) is 18.0 Å². The zero-order valence-corrected chi connectivity index (χ0v) is 9.90. The number of methoxy groups -OCH3 is 1. The zero-order chi connectivity index (χ0) is 11.8. The van der Waals surface area contributed by atoms with E-state index in [1.165, 1.54) is 7.11 Å². The van der Waals surface area contributed by atoms with Crippen molar-refractivity contribution in [3.8, 4) is 6.01 Å². The maximum atomic E-state index is 9.87. The summed E-state index contributed by atoms with van der Waals surface area (Å²) in [6.07, 6.45) is 0.708. The molecule has 0 saturated carbocycles. The van der Waals surface area contributed by atoms with Gasteiger partial charge in [0.15, 0.2) is 0 Å². The van der Waals surface area contributed by atoms with Crippen LogP contribution in [-0.2, 0) is 0 Å². The molecule has 0 radical (unpaired) electrons. The molecule has 88 valence electrons. The van der Waals surface area contributed by atoms with Crippen molar-refractivity contribution in [2.75, 3.05) is 25.1 Å². The number of hydrogen-bond donors (Lipinski definition) is 1. The fourth-order valence-electron chi connectivity index (χ4n) is 1.58. The Labute approximate surface area is 98.2 Å². The fraction of sp³-hybridized carbons (Fsp3) is 0.667. The van der Waals surface area contributed by atoms with Gasteiger partial charge in [-0.1, -0.05) is 6.92 Å². The fourth-order valence-corrected chi connectivity index (χ4v) is 1.73. The number of rotatable bonds is 3. The van der Waals surface area contributed by atoms with Crippen LogP contribution in [0.1, 0.15) is 13.3 Å². The lowest BCUT2D eigenvalue weighted by Gasteiger charge is -2.45.